The lowest BCUT2D eigenvalue weighted by Crippen LogP contribution is -2.42. The number of carboxylic acids is 1. The highest BCUT2D eigenvalue weighted by atomic mass is 16.6. The van der Waals surface area contributed by atoms with Gasteiger partial charge in [-0.2, -0.15) is 9.97 Å². The summed E-state index contributed by atoms with van der Waals surface area (Å²) < 4.78 is 10.9. The Kier molecular flexibility index (Phi) is 8.64. The molecule has 0 radical (unpaired) electrons. The molecule has 5 N–H and O–H groups in total. The number of fused-ring (bicyclic) bond motifs is 1. The minimum atomic E-state index is -1.07. The number of carbonyl (C=O) groups is 2. The maximum atomic E-state index is 12.5. The number of rotatable bonds is 9. The van der Waals surface area contributed by atoms with Gasteiger partial charge in [0.1, 0.15) is 11.6 Å². The molecule has 3 heterocycles. The summed E-state index contributed by atoms with van der Waals surface area (Å²) in [6, 6.07) is 13.1. The Hall–Kier alpha value is -4.88. The molecular weight excluding hydrogens is 552 g/mol. The number of hydrogen-bond acceptors (Lipinski definition) is 12. The van der Waals surface area contributed by atoms with Crippen LogP contribution in [-0.2, 0) is 20.7 Å². The zero-order valence-electron chi connectivity index (χ0n) is 24.2. The van der Waals surface area contributed by atoms with Crippen molar-refractivity contribution in [3.63, 3.8) is 0 Å². The Balaban J connectivity index is 1.37. The molecule has 2 aromatic heterocycles. The number of anilines is 3. The van der Waals surface area contributed by atoms with Gasteiger partial charge in [-0.15, -0.1) is 0 Å². The predicted molar refractivity (Wildman–Crippen MR) is 162 cm³/mol. The molecule has 224 valence electrons. The van der Waals surface area contributed by atoms with Gasteiger partial charge in [-0.05, 0) is 44.5 Å². The Morgan fingerprint density at radius 3 is 2.60 bits per heavy atom. The van der Waals surface area contributed by atoms with E-state index in [0.717, 1.165) is 0 Å². The molecule has 1 saturated heterocycles. The van der Waals surface area contributed by atoms with Crippen molar-refractivity contribution < 1.29 is 24.2 Å². The minimum Gasteiger partial charge on any atom is -0.480 e. The molecule has 43 heavy (non-hydrogen) atoms. The zero-order chi connectivity index (χ0) is 30.6. The number of para-hydroxylation sites is 1. The van der Waals surface area contributed by atoms with Gasteiger partial charge in [0.15, 0.2) is 17.0 Å². The van der Waals surface area contributed by atoms with Gasteiger partial charge in [0.2, 0.25) is 5.95 Å². The Morgan fingerprint density at radius 2 is 1.86 bits per heavy atom. The van der Waals surface area contributed by atoms with Gasteiger partial charge in [0.25, 0.3) is 0 Å². The van der Waals surface area contributed by atoms with Crippen molar-refractivity contribution in [1.82, 2.24) is 25.4 Å². The molecule has 0 aliphatic carbocycles. The molecule has 0 bridgehead atoms. The maximum absolute atomic E-state index is 12.5. The fraction of sp³-hybridized carbons (Fsp3) is 0.333. The van der Waals surface area contributed by atoms with Gasteiger partial charge in [-0.3, -0.25) is 4.79 Å². The van der Waals surface area contributed by atoms with Gasteiger partial charge in [0.05, 0.1) is 36.4 Å². The number of nitrogen functional groups attached to an aromatic ring is 1. The number of esters is 1. The van der Waals surface area contributed by atoms with Crippen LogP contribution in [0.5, 0.6) is 0 Å². The van der Waals surface area contributed by atoms with E-state index in [9.17, 15) is 14.7 Å². The summed E-state index contributed by atoms with van der Waals surface area (Å²) in [5, 5.41) is 9.97. The van der Waals surface area contributed by atoms with E-state index < -0.39 is 23.6 Å². The van der Waals surface area contributed by atoms with Crippen LogP contribution >= 0.6 is 0 Å². The molecule has 0 saturated carbocycles. The van der Waals surface area contributed by atoms with Gasteiger partial charge in [0, 0.05) is 25.1 Å². The Labute approximate surface area is 248 Å². The molecule has 1 aliphatic rings. The molecule has 13 nitrogen and oxygen atoms in total. The van der Waals surface area contributed by atoms with E-state index in [2.05, 4.69) is 25.8 Å². The van der Waals surface area contributed by atoms with Crippen LogP contribution in [0.3, 0.4) is 0 Å². The number of carboxylic acid groups (broad SMARTS) is 1. The average molecular weight is 587 g/mol. The summed E-state index contributed by atoms with van der Waals surface area (Å²) in [6.45, 7) is 7.77. The van der Waals surface area contributed by atoms with E-state index in [0.29, 0.717) is 71.4 Å². The number of aliphatic carboxylic acids is 1. The molecule has 2 aromatic carbocycles. The first-order valence-corrected chi connectivity index (χ1v) is 13.9. The zero-order valence-corrected chi connectivity index (χ0v) is 24.2. The van der Waals surface area contributed by atoms with Crippen LogP contribution < -0.4 is 21.5 Å². The first-order valence-electron chi connectivity index (χ1n) is 13.9. The highest BCUT2D eigenvalue weighted by Gasteiger charge is 2.23. The lowest BCUT2D eigenvalue weighted by atomic mass is 10.0. The number of hydrogen-bond donors (Lipinski definition) is 4. The van der Waals surface area contributed by atoms with Crippen molar-refractivity contribution in [3.8, 4) is 11.3 Å². The monoisotopic (exact) mass is 586 g/mol. The van der Waals surface area contributed by atoms with Crippen molar-refractivity contribution in [3.05, 3.63) is 65.9 Å². The molecular formula is C30H34N8O5. The van der Waals surface area contributed by atoms with Crippen LogP contribution in [-0.4, -0.2) is 74.9 Å². The van der Waals surface area contributed by atoms with E-state index >= 15 is 0 Å². The third-order valence-corrected chi connectivity index (χ3v) is 6.60. The molecule has 1 aliphatic heterocycles. The van der Waals surface area contributed by atoms with Crippen LogP contribution in [0.4, 0.5) is 17.5 Å². The lowest BCUT2D eigenvalue weighted by Gasteiger charge is -2.28. The van der Waals surface area contributed by atoms with Crippen LogP contribution in [0.25, 0.3) is 22.4 Å². The van der Waals surface area contributed by atoms with Gasteiger partial charge in [-0.1, -0.05) is 30.3 Å². The smallest absolute Gasteiger partial charge is 0.338 e. The second kappa shape index (κ2) is 12.5. The van der Waals surface area contributed by atoms with E-state index in [1.165, 1.54) is 0 Å². The van der Waals surface area contributed by atoms with E-state index in [-0.39, 0.29) is 12.4 Å². The van der Waals surface area contributed by atoms with Crippen molar-refractivity contribution >= 4 is 40.6 Å². The summed E-state index contributed by atoms with van der Waals surface area (Å²) >= 11 is 0. The molecule has 1 atom stereocenters. The number of hydrazine groups is 1. The second-order valence-corrected chi connectivity index (χ2v) is 11.0. The third kappa shape index (κ3) is 7.31. The number of nitrogens with zero attached hydrogens (tertiary/aromatic N) is 5. The molecule has 4 aromatic rings. The first-order chi connectivity index (χ1) is 20.6. The predicted octanol–water partition coefficient (Wildman–Crippen LogP) is 3.07. The lowest BCUT2D eigenvalue weighted by molar-refractivity contribution is -0.139. The number of carbonyl (C=O) groups excluding carboxylic acids is 1. The molecule has 13 heteroatoms. The topological polar surface area (TPSA) is 178 Å². The molecule has 0 amide bonds. The van der Waals surface area contributed by atoms with Crippen LogP contribution in [0.15, 0.2) is 54.7 Å². The quantitative estimate of drug-likeness (QED) is 0.166. The van der Waals surface area contributed by atoms with Crippen molar-refractivity contribution in [1.29, 1.82) is 0 Å². The highest BCUT2D eigenvalue weighted by Crippen LogP contribution is 2.29. The van der Waals surface area contributed by atoms with E-state index in [4.69, 9.17) is 20.2 Å². The van der Waals surface area contributed by atoms with Gasteiger partial charge < -0.3 is 30.6 Å². The average Bonchev–Trinajstić information content (AvgIpc) is 2.98. The van der Waals surface area contributed by atoms with Gasteiger partial charge >= 0.3 is 11.9 Å². The summed E-state index contributed by atoms with van der Waals surface area (Å²) in [5.41, 5.74) is 15.0. The fourth-order valence-corrected chi connectivity index (χ4v) is 4.61. The third-order valence-electron chi connectivity index (χ3n) is 6.60. The number of aromatic nitrogens is 4. The molecule has 1 fully saturated rings. The van der Waals surface area contributed by atoms with E-state index in [1.54, 1.807) is 57.3 Å². The summed E-state index contributed by atoms with van der Waals surface area (Å²) in [6.07, 6.45) is 1.70. The Bertz CT molecular complexity index is 1630. The standard InChI is InChI=1S/C30H34N8O5/c1-30(2,3)43-28(41)19-8-6-7-18(15-19)16-22(27(39)40)37-36-21-10-5-4-9-20(21)23-17-32-25-24(33-23)26(35-29(31)34-25)38-11-13-42-14-12-38/h4-10,15,17,22,36-37H,11-14,16H2,1-3H3,(H,39,40)(H2,31,32,34,35)/t22-/m0/s1. The fourth-order valence-electron chi connectivity index (χ4n) is 4.61. The highest BCUT2D eigenvalue weighted by molar-refractivity contribution is 5.90. The Morgan fingerprint density at radius 1 is 1.09 bits per heavy atom. The molecule has 5 rings (SSSR count). The minimum absolute atomic E-state index is 0.110. The maximum Gasteiger partial charge on any atom is 0.338 e. The number of ether oxygens (including phenoxy) is 2. The normalized spacial score (nSPS) is 14.3. The van der Waals surface area contributed by atoms with E-state index in [1.807, 2.05) is 23.1 Å². The largest absolute Gasteiger partial charge is 0.480 e. The molecule has 0 spiro atoms. The number of benzene rings is 2. The number of nitrogens with one attached hydrogen (secondary N) is 2. The SMILES string of the molecule is CC(C)(C)OC(=O)c1cccc(C[C@H](NNc2ccccc2-c2cnc3nc(N)nc(N4CCOCC4)c3n2)C(=O)O)c1. The second-order valence-electron chi connectivity index (χ2n) is 11.0. The van der Waals surface area contributed by atoms with Crippen molar-refractivity contribution in [2.45, 2.75) is 38.8 Å². The van der Waals surface area contributed by atoms with Crippen LogP contribution in [0.1, 0.15) is 36.7 Å². The first kappa shape index (κ1) is 29.6. The van der Waals surface area contributed by atoms with Gasteiger partial charge in [-0.25, -0.2) is 20.2 Å². The van der Waals surface area contributed by atoms with Crippen LogP contribution in [0.2, 0.25) is 0 Å². The molecule has 0 unspecified atom stereocenters. The van der Waals surface area contributed by atoms with Crippen LogP contribution in [0, 0.1) is 0 Å². The summed E-state index contributed by atoms with van der Waals surface area (Å²) in [4.78, 5) is 44.8. The summed E-state index contributed by atoms with van der Waals surface area (Å²) in [5.74, 6) is -0.840. The number of nitrogens with two attached hydrogens (primary N) is 1. The summed E-state index contributed by atoms with van der Waals surface area (Å²) in [7, 11) is 0. The number of morpholine rings is 1. The van der Waals surface area contributed by atoms with Crippen molar-refractivity contribution in [2.24, 2.45) is 0 Å². The van der Waals surface area contributed by atoms with Crippen molar-refractivity contribution in [2.75, 3.05) is 42.4 Å².